The predicted octanol–water partition coefficient (Wildman–Crippen LogP) is 4.05. The number of rotatable bonds is 5. The lowest BCUT2D eigenvalue weighted by atomic mass is 10.0. The number of aromatic nitrogens is 1. The van der Waals surface area contributed by atoms with Crippen molar-refractivity contribution in [3.05, 3.63) is 118 Å². The highest BCUT2D eigenvalue weighted by Crippen LogP contribution is 2.12. The lowest BCUT2D eigenvalue weighted by molar-refractivity contribution is 0.0949. The Balaban J connectivity index is 1.42. The number of carbonyl (C=O) groups excluding carboxylic acids is 1. The molecule has 2 N–H and O–H groups in total. The number of para-hydroxylation sites is 1. The number of hydrogen-bond donors (Lipinski definition) is 2. The Morgan fingerprint density at radius 1 is 0.786 bits per heavy atom. The molecule has 0 aliphatic heterocycles. The van der Waals surface area contributed by atoms with Crippen LogP contribution in [0.3, 0.4) is 0 Å². The number of pyridine rings is 1. The van der Waals surface area contributed by atoms with Crippen LogP contribution in [0.15, 0.2) is 89.7 Å². The molecule has 0 aliphatic carbocycles. The molecule has 0 saturated heterocycles. The van der Waals surface area contributed by atoms with Crippen LogP contribution in [0.2, 0.25) is 0 Å². The van der Waals surface area contributed by atoms with E-state index in [-0.39, 0.29) is 17.0 Å². The minimum absolute atomic E-state index is 0.124. The molecule has 138 valence electrons. The Labute approximate surface area is 162 Å². The molecule has 4 aromatic rings. The van der Waals surface area contributed by atoms with Gasteiger partial charge in [0.05, 0.1) is 0 Å². The maximum Gasteiger partial charge on any atom is 0.261 e. The molecular weight excluding hydrogens is 348 g/mol. The number of hydrogen-bond acceptors (Lipinski definition) is 2. The summed E-state index contributed by atoms with van der Waals surface area (Å²) < 4.78 is 0. The number of H-pyrrole nitrogens is 1. The zero-order valence-electron chi connectivity index (χ0n) is 15.3. The van der Waals surface area contributed by atoms with Gasteiger partial charge in [0.1, 0.15) is 5.56 Å². The smallest absolute Gasteiger partial charge is 0.261 e. The predicted molar refractivity (Wildman–Crippen MR) is 111 cm³/mol. The molecule has 1 amide bonds. The van der Waals surface area contributed by atoms with Gasteiger partial charge in [0, 0.05) is 12.1 Å². The summed E-state index contributed by atoms with van der Waals surface area (Å²) in [6.07, 6.45) is 0.875. The molecule has 0 aliphatic rings. The second kappa shape index (κ2) is 7.92. The molecule has 4 heteroatoms. The third-order valence-electron chi connectivity index (χ3n) is 4.73. The van der Waals surface area contributed by atoms with Crippen molar-refractivity contribution in [2.75, 3.05) is 0 Å². The van der Waals surface area contributed by atoms with E-state index in [4.69, 9.17) is 0 Å². The van der Waals surface area contributed by atoms with E-state index in [1.807, 2.05) is 54.6 Å². The molecule has 1 aromatic heterocycles. The molecule has 0 fully saturated rings. The maximum absolute atomic E-state index is 12.5. The molecule has 0 saturated carbocycles. The van der Waals surface area contributed by atoms with Crippen molar-refractivity contribution in [3.63, 3.8) is 0 Å². The molecule has 4 rings (SSSR count). The SMILES string of the molecule is O=C(NCc1ccc(Cc2ccccc2)cc1)c1cc2ccccc2[nH]c1=O. The molecule has 0 radical (unpaired) electrons. The molecule has 28 heavy (non-hydrogen) atoms. The van der Waals surface area contributed by atoms with Crippen LogP contribution in [0.1, 0.15) is 27.0 Å². The number of aromatic amines is 1. The fraction of sp³-hybridized carbons (Fsp3) is 0.0833. The molecule has 0 bridgehead atoms. The first-order valence-corrected chi connectivity index (χ1v) is 9.21. The van der Waals surface area contributed by atoms with Gasteiger partial charge >= 0.3 is 0 Å². The van der Waals surface area contributed by atoms with Crippen LogP contribution in [0.25, 0.3) is 10.9 Å². The van der Waals surface area contributed by atoms with E-state index in [1.54, 1.807) is 6.07 Å². The monoisotopic (exact) mass is 368 g/mol. The summed E-state index contributed by atoms with van der Waals surface area (Å²) in [5.41, 5.74) is 3.93. The number of fused-ring (bicyclic) bond motifs is 1. The Morgan fingerprint density at radius 2 is 1.43 bits per heavy atom. The van der Waals surface area contributed by atoms with Gasteiger partial charge in [-0.3, -0.25) is 9.59 Å². The summed E-state index contributed by atoms with van der Waals surface area (Å²) in [5.74, 6) is -0.375. The second-order valence-electron chi connectivity index (χ2n) is 6.76. The first-order chi connectivity index (χ1) is 13.7. The van der Waals surface area contributed by atoms with Gasteiger partial charge < -0.3 is 10.3 Å². The molecule has 0 unspecified atom stereocenters. The van der Waals surface area contributed by atoms with Gasteiger partial charge in [0.2, 0.25) is 0 Å². The third kappa shape index (κ3) is 4.01. The lowest BCUT2D eigenvalue weighted by Gasteiger charge is -2.07. The molecule has 0 spiro atoms. The zero-order chi connectivity index (χ0) is 19.3. The van der Waals surface area contributed by atoms with Gasteiger partial charge in [-0.25, -0.2) is 0 Å². The minimum atomic E-state index is -0.380. The molecule has 3 aromatic carbocycles. The topological polar surface area (TPSA) is 62.0 Å². The Kier molecular flexibility index (Phi) is 5.02. The Hall–Kier alpha value is -3.66. The summed E-state index contributed by atoms with van der Waals surface area (Å²) in [5, 5.41) is 3.66. The minimum Gasteiger partial charge on any atom is -0.348 e. The highest BCUT2D eigenvalue weighted by molar-refractivity contribution is 5.97. The van der Waals surface area contributed by atoms with Crippen molar-refractivity contribution in [3.8, 4) is 0 Å². The van der Waals surface area contributed by atoms with Crippen LogP contribution in [0, 0.1) is 0 Å². The Bertz CT molecular complexity index is 1160. The van der Waals surface area contributed by atoms with Crippen molar-refractivity contribution < 1.29 is 4.79 Å². The van der Waals surface area contributed by atoms with Gasteiger partial charge in [-0.1, -0.05) is 72.8 Å². The molecule has 1 heterocycles. The van der Waals surface area contributed by atoms with Crippen LogP contribution in [-0.2, 0) is 13.0 Å². The van der Waals surface area contributed by atoms with Crippen molar-refractivity contribution in [2.45, 2.75) is 13.0 Å². The van der Waals surface area contributed by atoms with E-state index in [0.717, 1.165) is 22.9 Å². The van der Waals surface area contributed by atoms with E-state index in [0.29, 0.717) is 6.54 Å². The van der Waals surface area contributed by atoms with Crippen molar-refractivity contribution in [1.29, 1.82) is 0 Å². The second-order valence-corrected chi connectivity index (χ2v) is 6.76. The maximum atomic E-state index is 12.5. The fourth-order valence-electron chi connectivity index (χ4n) is 3.20. The Morgan fingerprint density at radius 3 is 2.21 bits per heavy atom. The van der Waals surface area contributed by atoms with Crippen molar-refractivity contribution in [1.82, 2.24) is 10.3 Å². The van der Waals surface area contributed by atoms with E-state index in [1.165, 1.54) is 11.1 Å². The number of amides is 1. The normalized spacial score (nSPS) is 10.7. The van der Waals surface area contributed by atoms with Crippen LogP contribution >= 0.6 is 0 Å². The zero-order valence-corrected chi connectivity index (χ0v) is 15.3. The van der Waals surface area contributed by atoms with Crippen LogP contribution in [-0.4, -0.2) is 10.9 Å². The van der Waals surface area contributed by atoms with E-state index < -0.39 is 0 Å². The summed E-state index contributed by atoms with van der Waals surface area (Å²) in [4.78, 5) is 27.4. The van der Waals surface area contributed by atoms with Gasteiger partial charge in [-0.15, -0.1) is 0 Å². The van der Waals surface area contributed by atoms with Gasteiger partial charge in [0.25, 0.3) is 11.5 Å². The van der Waals surface area contributed by atoms with Gasteiger partial charge in [-0.2, -0.15) is 0 Å². The molecule has 0 atom stereocenters. The standard InChI is InChI=1S/C24H20N2O2/c27-23(21-15-20-8-4-5-9-22(20)26-24(21)28)25-16-19-12-10-18(11-13-19)14-17-6-2-1-3-7-17/h1-13,15H,14,16H2,(H,25,27)(H,26,28). The van der Waals surface area contributed by atoms with Crippen molar-refractivity contribution in [2.24, 2.45) is 0 Å². The summed E-state index contributed by atoms with van der Waals surface area (Å²) in [7, 11) is 0. The quantitative estimate of drug-likeness (QED) is 0.558. The largest absolute Gasteiger partial charge is 0.348 e. The number of nitrogens with one attached hydrogen (secondary N) is 2. The third-order valence-corrected chi connectivity index (χ3v) is 4.73. The fourth-order valence-corrected chi connectivity index (χ4v) is 3.20. The average Bonchev–Trinajstić information content (AvgIpc) is 2.73. The first kappa shape index (κ1) is 17.7. The van der Waals surface area contributed by atoms with E-state index >= 15 is 0 Å². The molecular formula is C24H20N2O2. The van der Waals surface area contributed by atoms with Gasteiger partial charge in [0.15, 0.2) is 0 Å². The molecule has 4 nitrogen and oxygen atoms in total. The van der Waals surface area contributed by atoms with E-state index in [2.05, 4.69) is 34.6 Å². The van der Waals surface area contributed by atoms with Crippen LogP contribution < -0.4 is 10.9 Å². The number of benzene rings is 3. The summed E-state index contributed by atoms with van der Waals surface area (Å²) in [6, 6.07) is 27.5. The summed E-state index contributed by atoms with van der Waals surface area (Å²) in [6.45, 7) is 0.372. The average molecular weight is 368 g/mol. The van der Waals surface area contributed by atoms with Crippen molar-refractivity contribution >= 4 is 16.8 Å². The summed E-state index contributed by atoms with van der Waals surface area (Å²) >= 11 is 0. The van der Waals surface area contributed by atoms with Crippen LogP contribution in [0.5, 0.6) is 0 Å². The van der Waals surface area contributed by atoms with Crippen LogP contribution in [0.4, 0.5) is 0 Å². The first-order valence-electron chi connectivity index (χ1n) is 9.21. The highest BCUT2D eigenvalue weighted by Gasteiger charge is 2.11. The lowest BCUT2D eigenvalue weighted by Crippen LogP contribution is -2.29. The number of carbonyl (C=O) groups is 1. The highest BCUT2D eigenvalue weighted by atomic mass is 16.2. The van der Waals surface area contributed by atoms with Gasteiger partial charge in [-0.05, 0) is 40.6 Å². The van der Waals surface area contributed by atoms with E-state index in [9.17, 15) is 9.59 Å².